The number of hydrogen-bond donors (Lipinski definition) is 1. The van der Waals surface area contributed by atoms with Crippen molar-refractivity contribution in [2.75, 3.05) is 13.7 Å². The fraction of sp³-hybridized carbons (Fsp3) is 0.316. The first-order chi connectivity index (χ1) is 14.1. The maximum Gasteiger partial charge on any atom is 0.275 e. The van der Waals surface area contributed by atoms with Gasteiger partial charge in [0.25, 0.3) is 5.91 Å². The molecule has 3 aromatic rings. The summed E-state index contributed by atoms with van der Waals surface area (Å²) in [5.74, 6) is -0.327. The second-order valence-corrected chi connectivity index (χ2v) is 7.39. The Kier molecular flexibility index (Phi) is 5.26. The second kappa shape index (κ2) is 8.00. The molecule has 3 aromatic heterocycles. The lowest BCUT2D eigenvalue weighted by Crippen LogP contribution is -2.50. The van der Waals surface area contributed by atoms with E-state index in [1.54, 1.807) is 41.7 Å². The van der Waals surface area contributed by atoms with Crippen LogP contribution in [-0.2, 0) is 4.79 Å². The molecule has 1 atom stereocenters. The first kappa shape index (κ1) is 19.1. The third-order valence-corrected chi connectivity index (χ3v) is 5.48. The van der Waals surface area contributed by atoms with Crippen molar-refractivity contribution in [3.05, 3.63) is 41.0 Å². The number of carbonyl (C=O) groups excluding carboxylic acids is 2. The van der Waals surface area contributed by atoms with E-state index in [0.717, 1.165) is 12.8 Å². The summed E-state index contributed by atoms with van der Waals surface area (Å²) in [5, 5.41) is 6.40. The second-order valence-electron chi connectivity index (χ2n) is 6.67. The van der Waals surface area contributed by atoms with Crippen molar-refractivity contribution >= 4 is 23.2 Å². The molecule has 150 valence electrons. The number of likely N-dealkylation sites (tertiary alicyclic amines) is 1. The van der Waals surface area contributed by atoms with Crippen LogP contribution < -0.4 is 10.5 Å². The molecule has 0 spiro atoms. The highest BCUT2D eigenvalue weighted by Crippen LogP contribution is 2.26. The van der Waals surface area contributed by atoms with Gasteiger partial charge in [0.2, 0.25) is 11.8 Å². The fourth-order valence-electron chi connectivity index (χ4n) is 3.44. The quantitative estimate of drug-likeness (QED) is 0.684. The van der Waals surface area contributed by atoms with Gasteiger partial charge in [-0.15, -0.1) is 11.3 Å². The van der Waals surface area contributed by atoms with Crippen LogP contribution in [0.25, 0.3) is 17.1 Å². The topological polar surface area (TPSA) is 116 Å². The molecule has 1 saturated heterocycles. The van der Waals surface area contributed by atoms with E-state index in [1.807, 2.05) is 5.38 Å². The number of carbonyl (C=O) groups is 2. The van der Waals surface area contributed by atoms with Gasteiger partial charge >= 0.3 is 0 Å². The Morgan fingerprint density at radius 3 is 2.79 bits per heavy atom. The van der Waals surface area contributed by atoms with E-state index >= 15 is 0 Å². The third-order valence-electron chi connectivity index (χ3n) is 4.89. The Labute approximate surface area is 171 Å². The minimum atomic E-state index is -0.605. The van der Waals surface area contributed by atoms with Gasteiger partial charge in [-0.05, 0) is 31.4 Å². The van der Waals surface area contributed by atoms with Crippen molar-refractivity contribution in [1.29, 1.82) is 0 Å². The highest BCUT2D eigenvalue weighted by atomic mass is 32.1. The lowest BCUT2D eigenvalue weighted by Gasteiger charge is -2.33. The number of thiazole rings is 1. The van der Waals surface area contributed by atoms with Crippen LogP contribution in [0.4, 0.5) is 0 Å². The van der Waals surface area contributed by atoms with Crippen molar-refractivity contribution in [1.82, 2.24) is 24.6 Å². The summed E-state index contributed by atoms with van der Waals surface area (Å²) in [4.78, 5) is 35.1. The van der Waals surface area contributed by atoms with Crippen LogP contribution in [0.3, 0.4) is 0 Å². The van der Waals surface area contributed by atoms with Crippen molar-refractivity contribution in [2.24, 2.45) is 5.73 Å². The Morgan fingerprint density at radius 1 is 1.28 bits per heavy atom. The number of aromatic nitrogens is 4. The molecule has 0 radical (unpaired) electrons. The molecule has 0 saturated carbocycles. The SMILES string of the molecule is COc1ccc(-n2nc(C(=O)N3CCCCC3C(N)=O)cc2-c2cscn2)cn1. The average molecular weight is 412 g/mol. The first-order valence-electron chi connectivity index (χ1n) is 9.18. The molecule has 29 heavy (non-hydrogen) atoms. The predicted octanol–water partition coefficient (Wildman–Crippen LogP) is 1.88. The first-order valence-corrected chi connectivity index (χ1v) is 10.1. The van der Waals surface area contributed by atoms with Crippen LogP contribution in [0.1, 0.15) is 29.8 Å². The molecule has 10 heteroatoms. The zero-order valence-electron chi connectivity index (χ0n) is 15.8. The summed E-state index contributed by atoms with van der Waals surface area (Å²) in [6, 6.07) is 4.60. The highest BCUT2D eigenvalue weighted by molar-refractivity contribution is 7.07. The number of piperidine rings is 1. The number of amides is 2. The number of nitrogens with two attached hydrogens (primary N) is 1. The molecule has 0 aliphatic carbocycles. The number of pyridine rings is 1. The van der Waals surface area contributed by atoms with E-state index in [-0.39, 0.29) is 11.6 Å². The summed E-state index contributed by atoms with van der Waals surface area (Å²) in [7, 11) is 1.54. The molecular weight excluding hydrogens is 392 g/mol. The number of methoxy groups -OCH3 is 1. The molecule has 0 bridgehead atoms. The van der Waals surface area contributed by atoms with Crippen molar-refractivity contribution in [2.45, 2.75) is 25.3 Å². The zero-order chi connectivity index (χ0) is 20.4. The van der Waals surface area contributed by atoms with Crippen LogP contribution in [0.2, 0.25) is 0 Å². The van der Waals surface area contributed by atoms with Crippen molar-refractivity contribution in [3.63, 3.8) is 0 Å². The van der Waals surface area contributed by atoms with Crippen LogP contribution >= 0.6 is 11.3 Å². The molecule has 2 amide bonds. The van der Waals surface area contributed by atoms with E-state index < -0.39 is 11.9 Å². The number of nitrogens with zero attached hydrogens (tertiary/aromatic N) is 5. The van der Waals surface area contributed by atoms with Gasteiger partial charge in [0.1, 0.15) is 6.04 Å². The number of ether oxygens (including phenoxy) is 1. The molecule has 1 unspecified atom stereocenters. The van der Waals surface area contributed by atoms with Crippen LogP contribution in [0.15, 0.2) is 35.3 Å². The molecular formula is C19H20N6O3S. The maximum absolute atomic E-state index is 13.2. The molecule has 0 aromatic carbocycles. The summed E-state index contributed by atoms with van der Waals surface area (Å²) in [5.41, 5.74) is 9.49. The molecule has 1 fully saturated rings. The average Bonchev–Trinajstić information content (AvgIpc) is 3.43. The van der Waals surface area contributed by atoms with E-state index in [0.29, 0.717) is 35.9 Å². The Morgan fingerprint density at radius 2 is 2.14 bits per heavy atom. The normalized spacial score (nSPS) is 16.6. The van der Waals surface area contributed by atoms with Crippen molar-refractivity contribution in [3.8, 4) is 23.0 Å². The largest absolute Gasteiger partial charge is 0.481 e. The van der Waals surface area contributed by atoms with Gasteiger partial charge in [0.05, 0.1) is 35.9 Å². The van der Waals surface area contributed by atoms with Gasteiger partial charge in [-0.2, -0.15) is 5.10 Å². The predicted molar refractivity (Wildman–Crippen MR) is 107 cm³/mol. The van der Waals surface area contributed by atoms with E-state index in [4.69, 9.17) is 10.5 Å². The van der Waals surface area contributed by atoms with Gasteiger partial charge in [-0.25, -0.2) is 14.6 Å². The molecule has 2 N–H and O–H groups in total. The van der Waals surface area contributed by atoms with Crippen LogP contribution in [0, 0.1) is 0 Å². The summed E-state index contributed by atoms with van der Waals surface area (Å²) >= 11 is 1.45. The minimum Gasteiger partial charge on any atom is -0.481 e. The Balaban J connectivity index is 1.74. The van der Waals surface area contributed by atoms with Gasteiger partial charge < -0.3 is 15.4 Å². The van der Waals surface area contributed by atoms with Crippen molar-refractivity contribution < 1.29 is 14.3 Å². The lowest BCUT2D eigenvalue weighted by atomic mass is 10.0. The van der Waals surface area contributed by atoms with Gasteiger partial charge in [0, 0.05) is 18.0 Å². The molecule has 1 aliphatic rings. The monoisotopic (exact) mass is 412 g/mol. The van der Waals surface area contributed by atoms with Crippen LogP contribution in [0.5, 0.6) is 5.88 Å². The maximum atomic E-state index is 13.2. The standard InChI is InChI=1S/C19H20N6O3S/c1-28-17-6-5-12(9-21-17)25-16(14-10-29-11-22-14)8-13(23-25)19(27)24-7-3-2-4-15(24)18(20)26/h5-6,8-11,15H,2-4,7H2,1H3,(H2,20,26). The zero-order valence-corrected chi connectivity index (χ0v) is 16.6. The summed E-state index contributed by atoms with van der Waals surface area (Å²) in [6.07, 6.45) is 3.89. The van der Waals surface area contributed by atoms with Crippen LogP contribution in [-0.4, -0.2) is 56.2 Å². The number of hydrogen-bond acceptors (Lipinski definition) is 7. The Hall–Kier alpha value is -3.27. The van der Waals surface area contributed by atoms with E-state index in [1.165, 1.54) is 16.2 Å². The number of primary amides is 1. The molecule has 4 rings (SSSR count). The molecule has 1 aliphatic heterocycles. The summed E-state index contributed by atoms with van der Waals surface area (Å²) < 4.78 is 6.73. The smallest absolute Gasteiger partial charge is 0.275 e. The Bertz CT molecular complexity index is 1020. The van der Waals surface area contributed by atoms with E-state index in [9.17, 15) is 9.59 Å². The van der Waals surface area contributed by atoms with Gasteiger partial charge in [-0.1, -0.05) is 0 Å². The van der Waals surface area contributed by atoms with Gasteiger partial charge in [0.15, 0.2) is 5.69 Å². The minimum absolute atomic E-state index is 0.233. The third kappa shape index (κ3) is 3.70. The van der Waals surface area contributed by atoms with E-state index in [2.05, 4.69) is 15.1 Å². The molecule has 4 heterocycles. The summed E-state index contributed by atoms with van der Waals surface area (Å²) in [6.45, 7) is 0.482. The highest BCUT2D eigenvalue weighted by Gasteiger charge is 2.33. The molecule has 9 nitrogen and oxygen atoms in total. The fourth-order valence-corrected chi connectivity index (χ4v) is 3.99. The van der Waals surface area contributed by atoms with Gasteiger partial charge in [-0.3, -0.25) is 9.59 Å². The number of rotatable bonds is 5. The lowest BCUT2D eigenvalue weighted by molar-refractivity contribution is -0.123.